The number of benzene rings is 2. The first kappa shape index (κ1) is 21.8. The van der Waals surface area contributed by atoms with Crippen LogP contribution < -0.4 is 10.1 Å². The van der Waals surface area contributed by atoms with Crippen molar-refractivity contribution < 1.29 is 14.3 Å². The number of ether oxygens (including phenoxy) is 1. The summed E-state index contributed by atoms with van der Waals surface area (Å²) in [7, 11) is 1.63. The van der Waals surface area contributed by atoms with Crippen LogP contribution in [0.4, 0.5) is 0 Å². The molecule has 0 aromatic heterocycles. The predicted octanol–water partition coefficient (Wildman–Crippen LogP) is 4.48. The fourth-order valence-corrected chi connectivity index (χ4v) is 3.66. The highest BCUT2D eigenvalue weighted by Crippen LogP contribution is 2.31. The van der Waals surface area contributed by atoms with E-state index in [4.69, 9.17) is 9.73 Å². The Morgan fingerprint density at radius 2 is 1.87 bits per heavy atom. The van der Waals surface area contributed by atoms with Gasteiger partial charge in [0.2, 0.25) is 0 Å². The highest BCUT2D eigenvalue weighted by atomic mass is 16.5. The summed E-state index contributed by atoms with van der Waals surface area (Å²) in [4.78, 5) is 30.3. The Balaban J connectivity index is 1.84. The molecule has 1 amide bonds. The standard InChI is InChI=1S/C25H30N2O3/c1-16(2)15-26-24(29)18-8-6-7-17(11-18)23(28)13-22-21-12-20(30-5)10-9-19(21)14-25(3,4)27-22/h6-12,16H,13-15H2,1-5H3,(H,26,29). The second-order valence-electron chi connectivity index (χ2n) is 8.86. The van der Waals surface area contributed by atoms with Gasteiger partial charge in [-0.25, -0.2) is 0 Å². The molecule has 0 radical (unpaired) electrons. The molecule has 0 fully saturated rings. The number of rotatable bonds is 7. The van der Waals surface area contributed by atoms with E-state index in [9.17, 15) is 9.59 Å². The zero-order valence-electron chi connectivity index (χ0n) is 18.4. The molecule has 0 unspecified atom stereocenters. The molecule has 1 aliphatic heterocycles. The number of hydrogen-bond acceptors (Lipinski definition) is 4. The van der Waals surface area contributed by atoms with Crippen LogP contribution in [0.1, 0.15) is 66.0 Å². The zero-order valence-corrected chi connectivity index (χ0v) is 18.4. The summed E-state index contributed by atoms with van der Waals surface area (Å²) in [6.45, 7) is 8.83. The van der Waals surface area contributed by atoms with Gasteiger partial charge in [-0.15, -0.1) is 0 Å². The van der Waals surface area contributed by atoms with E-state index in [0.29, 0.717) is 23.6 Å². The third-order valence-electron chi connectivity index (χ3n) is 5.13. The molecule has 0 spiro atoms. The summed E-state index contributed by atoms with van der Waals surface area (Å²) in [5.41, 5.74) is 3.64. The minimum absolute atomic E-state index is 0.0567. The molecule has 0 saturated carbocycles. The van der Waals surface area contributed by atoms with E-state index in [1.807, 2.05) is 26.0 Å². The number of carbonyl (C=O) groups is 2. The Morgan fingerprint density at radius 1 is 1.13 bits per heavy atom. The van der Waals surface area contributed by atoms with Crippen LogP contribution in [0.2, 0.25) is 0 Å². The predicted molar refractivity (Wildman–Crippen MR) is 120 cm³/mol. The number of Topliss-reactive ketones (excluding diaryl/α,β-unsaturated/α-hetero) is 1. The number of fused-ring (bicyclic) bond motifs is 1. The first-order valence-corrected chi connectivity index (χ1v) is 10.4. The molecule has 2 aromatic rings. The molecule has 2 aromatic carbocycles. The van der Waals surface area contributed by atoms with Gasteiger partial charge in [0.15, 0.2) is 5.78 Å². The molecule has 0 atom stereocenters. The van der Waals surface area contributed by atoms with Crippen LogP contribution in [0, 0.1) is 5.92 Å². The Morgan fingerprint density at radius 3 is 2.57 bits per heavy atom. The van der Waals surface area contributed by atoms with Crippen molar-refractivity contribution in [1.29, 1.82) is 0 Å². The summed E-state index contributed by atoms with van der Waals surface area (Å²) in [5.74, 6) is 0.893. The normalized spacial score (nSPS) is 14.7. The number of hydrogen-bond donors (Lipinski definition) is 1. The zero-order chi connectivity index (χ0) is 21.9. The van der Waals surface area contributed by atoms with Crippen molar-refractivity contribution in [3.63, 3.8) is 0 Å². The lowest BCUT2D eigenvalue weighted by Crippen LogP contribution is -2.30. The summed E-state index contributed by atoms with van der Waals surface area (Å²) in [6.07, 6.45) is 0.996. The van der Waals surface area contributed by atoms with E-state index in [1.54, 1.807) is 31.4 Å². The van der Waals surface area contributed by atoms with Crippen LogP contribution in [-0.2, 0) is 6.42 Å². The molecular formula is C25H30N2O3. The van der Waals surface area contributed by atoms with Gasteiger partial charge in [0, 0.05) is 23.2 Å². The first-order chi connectivity index (χ1) is 14.2. The van der Waals surface area contributed by atoms with Crippen LogP contribution in [0.3, 0.4) is 0 Å². The number of nitrogens with one attached hydrogen (secondary N) is 1. The monoisotopic (exact) mass is 406 g/mol. The molecule has 3 rings (SSSR count). The maximum atomic E-state index is 13.1. The van der Waals surface area contributed by atoms with Crippen molar-refractivity contribution in [3.05, 3.63) is 64.7 Å². The van der Waals surface area contributed by atoms with Crippen molar-refractivity contribution in [2.45, 2.75) is 46.1 Å². The number of amides is 1. The summed E-state index contributed by atoms with van der Waals surface area (Å²) in [5, 5.41) is 2.89. The minimum Gasteiger partial charge on any atom is -0.497 e. The molecule has 5 nitrogen and oxygen atoms in total. The molecule has 5 heteroatoms. The van der Waals surface area contributed by atoms with Crippen LogP contribution in [-0.4, -0.2) is 36.6 Å². The Labute approximate surface area is 178 Å². The van der Waals surface area contributed by atoms with Crippen molar-refractivity contribution in [2.75, 3.05) is 13.7 Å². The van der Waals surface area contributed by atoms with Crippen molar-refractivity contribution >= 4 is 17.4 Å². The molecule has 1 aliphatic rings. The number of ketones is 1. The number of carbonyl (C=O) groups excluding carboxylic acids is 2. The third-order valence-corrected chi connectivity index (χ3v) is 5.13. The second kappa shape index (κ2) is 8.82. The summed E-state index contributed by atoms with van der Waals surface area (Å²) < 4.78 is 5.37. The molecular weight excluding hydrogens is 376 g/mol. The summed E-state index contributed by atoms with van der Waals surface area (Å²) >= 11 is 0. The van der Waals surface area contributed by atoms with Crippen LogP contribution >= 0.6 is 0 Å². The molecule has 30 heavy (non-hydrogen) atoms. The number of aliphatic imine (C=N–C) groups is 1. The number of methoxy groups -OCH3 is 1. The molecule has 1 N–H and O–H groups in total. The largest absolute Gasteiger partial charge is 0.497 e. The lowest BCUT2D eigenvalue weighted by Gasteiger charge is -2.29. The van der Waals surface area contributed by atoms with Crippen LogP contribution in [0.5, 0.6) is 5.75 Å². The van der Waals surface area contributed by atoms with E-state index in [0.717, 1.165) is 23.4 Å². The van der Waals surface area contributed by atoms with Gasteiger partial charge >= 0.3 is 0 Å². The molecule has 0 aliphatic carbocycles. The van der Waals surface area contributed by atoms with Gasteiger partial charge in [-0.1, -0.05) is 32.0 Å². The minimum atomic E-state index is -0.268. The first-order valence-electron chi connectivity index (χ1n) is 10.4. The maximum Gasteiger partial charge on any atom is 0.251 e. The third kappa shape index (κ3) is 5.15. The smallest absolute Gasteiger partial charge is 0.251 e. The van der Waals surface area contributed by atoms with Crippen molar-refractivity contribution in [1.82, 2.24) is 5.32 Å². The van der Waals surface area contributed by atoms with E-state index in [-0.39, 0.29) is 23.7 Å². The quantitative estimate of drug-likeness (QED) is 0.690. The Kier molecular flexibility index (Phi) is 6.40. The highest BCUT2D eigenvalue weighted by Gasteiger charge is 2.28. The van der Waals surface area contributed by atoms with Gasteiger partial charge < -0.3 is 10.1 Å². The molecule has 158 valence electrons. The average Bonchev–Trinajstić information content (AvgIpc) is 2.71. The molecule has 0 saturated heterocycles. The van der Waals surface area contributed by atoms with Gasteiger partial charge in [-0.3, -0.25) is 14.6 Å². The SMILES string of the molecule is COc1ccc2c(c1)C(CC(=O)c1cccc(C(=O)NCC(C)C)c1)=NC(C)(C)C2. The second-order valence-corrected chi connectivity index (χ2v) is 8.86. The van der Waals surface area contributed by atoms with E-state index >= 15 is 0 Å². The van der Waals surface area contributed by atoms with E-state index in [1.165, 1.54) is 5.56 Å². The van der Waals surface area contributed by atoms with E-state index in [2.05, 4.69) is 25.2 Å². The van der Waals surface area contributed by atoms with Gasteiger partial charge in [0.1, 0.15) is 5.75 Å². The van der Waals surface area contributed by atoms with Crippen LogP contribution in [0.25, 0.3) is 0 Å². The topological polar surface area (TPSA) is 67.8 Å². The maximum absolute atomic E-state index is 13.1. The highest BCUT2D eigenvalue weighted by molar-refractivity contribution is 6.17. The van der Waals surface area contributed by atoms with Gasteiger partial charge in [-0.2, -0.15) is 0 Å². The Hall–Kier alpha value is -2.95. The fourth-order valence-electron chi connectivity index (χ4n) is 3.66. The molecule has 0 bridgehead atoms. The van der Waals surface area contributed by atoms with Gasteiger partial charge in [0.05, 0.1) is 24.8 Å². The van der Waals surface area contributed by atoms with Gasteiger partial charge in [0.25, 0.3) is 5.91 Å². The molecule has 1 heterocycles. The number of nitrogens with zero attached hydrogens (tertiary/aromatic N) is 1. The Bertz CT molecular complexity index is 990. The summed E-state index contributed by atoms with van der Waals surface area (Å²) in [6, 6.07) is 12.8. The lowest BCUT2D eigenvalue weighted by atomic mass is 9.85. The van der Waals surface area contributed by atoms with Crippen molar-refractivity contribution in [3.8, 4) is 5.75 Å². The van der Waals surface area contributed by atoms with Crippen LogP contribution in [0.15, 0.2) is 47.5 Å². The van der Waals surface area contributed by atoms with Crippen molar-refractivity contribution in [2.24, 2.45) is 10.9 Å². The average molecular weight is 407 g/mol. The van der Waals surface area contributed by atoms with E-state index < -0.39 is 0 Å². The van der Waals surface area contributed by atoms with Gasteiger partial charge in [-0.05, 0) is 56.0 Å². The fraction of sp³-hybridized carbons (Fsp3) is 0.400. The lowest BCUT2D eigenvalue weighted by molar-refractivity contribution is 0.0949.